The molecule has 0 saturated carbocycles. The Morgan fingerprint density at radius 2 is 1.64 bits per heavy atom. The SMILES string of the molecule is COc1ccc([Si](C)(C)[C@@H]2[C@@H](CC(=O)N(CCO)Cc3ccccc3)O[C@]3(C(=O)N(Cc4ccc(NC(=O)c5ccc(N)cc5)cc4)c4ccc(Cl)cc43)[C@H]2C)cc1. The van der Waals surface area contributed by atoms with Gasteiger partial charge in [0.05, 0.1) is 46.5 Å². The van der Waals surface area contributed by atoms with E-state index in [0.29, 0.717) is 39.8 Å². The molecule has 7 rings (SSSR count). The van der Waals surface area contributed by atoms with Crippen molar-refractivity contribution in [1.82, 2.24) is 4.90 Å². The van der Waals surface area contributed by atoms with E-state index in [1.54, 1.807) is 47.2 Å². The van der Waals surface area contributed by atoms with Crippen LogP contribution in [0.1, 0.15) is 40.4 Å². The zero-order chi connectivity index (χ0) is 41.2. The monoisotopic (exact) mass is 816 g/mol. The van der Waals surface area contributed by atoms with Crippen LogP contribution in [0.4, 0.5) is 17.1 Å². The first kappa shape index (κ1) is 40.7. The van der Waals surface area contributed by atoms with Crippen molar-refractivity contribution in [2.45, 2.75) is 56.8 Å². The van der Waals surface area contributed by atoms with Crippen LogP contribution in [0.15, 0.2) is 121 Å². The maximum absolute atomic E-state index is 15.3. The molecule has 0 radical (unpaired) electrons. The van der Waals surface area contributed by atoms with Crippen molar-refractivity contribution in [3.8, 4) is 5.75 Å². The van der Waals surface area contributed by atoms with Gasteiger partial charge in [0.2, 0.25) is 5.91 Å². The highest BCUT2D eigenvalue weighted by Crippen LogP contribution is 2.60. The van der Waals surface area contributed by atoms with Gasteiger partial charge in [-0.1, -0.05) is 91.4 Å². The number of fused-ring (bicyclic) bond motifs is 2. The number of hydrogen-bond donors (Lipinski definition) is 3. The molecule has 3 amide bonds. The number of hydrogen-bond acceptors (Lipinski definition) is 7. The lowest BCUT2D eigenvalue weighted by Crippen LogP contribution is -2.52. The van der Waals surface area contributed by atoms with Crippen LogP contribution in [0.5, 0.6) is 5.75 Å². The van der Waals surface area contributed by atoms with Crippen LogP contribution >= 0.6 is 11.6 Å². The maximum Gasteiger partial charge on any atom is 0.264 e. The topological polar surface area (TPSA) is 134 Å². The second-order valence-corrected chi connectivity index (χ2v) is 20.8. The zero-order valence-electron chi connectivity index (χ0n) is 33.2. The minimum atomic E-state index is -2.55. The standard InChI is InChI=1S/C46H49ClN4O6Si/c1-30-43(58(3,4)38-21-19-37(56-2)20-22-38)41(27-42(53)50(24-25-52)28-31-8-6-5-7-9-31)57-46(30)39-26-34(47)14-23-40(39)51(45(46)55)29-32-10-17-36(18-11-32)49-44(54)33-12-15-35(48)16-13-33/h5-23,26,30,41,43,52H,24-25,27-29,48H2,1-4H3,(H,49,54)/t30-,41+,43-,46+/m0/s1. The van der Waals surface area contributed by atoms with E-state index in [0.717, 1.165) is 22.1 Å². The van der Waals surface area contributed by atoms with Gasteiger partial charge in [0, 0.05) is 46.5 Å². The molecule has 0 bridgehead atoms. The number of nitrogens with one attached hydrogen (secondary N) is 1. The van der Waals surface area contributed by atoms with E-state index in [2.05, 4.69) is 37.5 Å². The van der Waals surface area contributed by atoms with Gasteiger partial charge in [0.1, 0.15) is 5.75 Å². The second kappa shape index (κ2) is 16.8. The van der Waals surface area contributed by atoms with Crippen LogP contribution < -0.4 is 25.9 Å². The number of methoxy groups -OCH3 is 1. The summed E-state index contributed by atoms with van der Waals surface area (Å²) in [4.78, 5) is 45.9. The zero-order valence-corrected chi connectivity index (χ0v) is 34.9. The first-order chi connectivity index (χ1) is 27.8. The van der Waals surface area contributed by atoms with Crippen LogP contribution in [0.3, 0.4) is 0 Å². The van der Waals surface area contributed by atoms with Gasteiger partial charge in [0.25, 0.3) is 11.8 Å². The van der Waals surface area contributed by atoms with Gasteiger partial charge in [0.15, 0.2) is 5.60 Å². The normalized spacial score (nSPS) is 19.9. The number of ether oxygens (including phenoxy) is 2. The first-order valence-electron chi connectivity index (χ1n) is 19.5. The number of benzene rings is 5. The van der Waals surface area contributed by atoms with Gasteiger partial charge in [-0.05, 0) is 83.4 Å². The number of aliphatic hydroxyl groups excluding tert-OH is 1. The molecule has 12 heteroatoms. The van der Waals surface area contributed by atoms with Crippen LogP contribution in [0.2, 0.25) is 23.7 Å². The summed E-state index contributed by atoms with van der Waals surface area (Å²) in [5.74, 6) is -0.237. The molecular formula is C46H49ClN4O6Si. The first-order valence-corrected chi connectivity index (χ1v) is 22.9. The summed E-state index contributed by atoms with van der Waals surface area (Å²) in [6.45, 7) is 7.19. The fourth-order valence-electron chi connectivity index (χ4n) is 8.87. The van der Waals surface area contributed by atoms with Crippen LogP contribution in [0.25, 0.3) is 0 Å². The van der Waals surface area contributed by atoms with Crippen molar-refractivity contribution >= 4 is 59.6 Å². The number of nitrogen functional groups attached to an aromatic ring is 1. The molecule has 10 nitrogen and oxygen atoms in total. The third-order valence-electron chi connectivity index (χ3n) is 11.8. The van der Waals surface area contributed by atoms with E-state index >= 15 is 4.79 Å². The Morgan fingerprint density at radius 3 is 2.29 bits per heavy atom. The molecule has 1 fully saturated rings. The van der Waals surface area contributed by atoms with Crippen molar-refractivity contribution < 1.29 is 29.0 Å². The number of amides is 3. The smallest absolute Gasteiger partial charge is 0.264 e. The van der Waals surface area contributed by atoms with Crippen molar-refractivity contribution in [3.63, 3.8) is 0 Å². The lowest BCUT2D eigenvalue weighted by molar-refractivity contribution is -0.150. The summed E-state index contributed by atoms with van der Waals surface area (Å²) in [6, 6.07) is 37.4. The molecule has 300 valence electrons. The Balaban J connectivity index is 1.22. The molecular weight excluding hydrogens is 768 g/mol. The van der Waals surface area contributed by atoms with Crippen molar-refractivity contribution in [2.75, 3.05) is 36.2 Å². The summed E-state index contributed by atoms with van der Waals surface area (Å²) >= 11 is 6.71. The fourth-order valence-corrected chi connectivity index (χ4v) is 13.1. The van der Waals surface area contributed by atoms with Gasteiger partial charge in [-0.3, -0.25) is 14.4 Å². The van der Waals surface area contributed by atoms with Crippen LogP contribution in [-0.4, -0.2) is 62.2 Å². The van der Waals surface area contributed by atoms with Crippen LogP contribution in [0, 0.1) is 5.92 Å². The molecule has 0 unspecified atom stereocenters. The predicted octanol–water partition coefficient (Wildman–Crippen LogP) is 7.36. The third-order valence-corrected chi connectivity index (χ3v) is 16.4. The quantitative estimate of drug-likeness (QED) is 0.0836. The van der Waals surface area contributed by atoms with Gasteiger partial charge in [-0.15, -0.1) is 0 Å². The minimum Gasteiger partial charge on any atom is -0.497 e. The molecule has 5 aromatic carbocycles. The highest BCUT2D eigenvalue weighted by Gasteiger charge is 2.66. The molecule has 0 aromatic heterocycles. The Bertz CT molecular complexity index is 2270. The Morgan fingerprint density at radius 1 is 0.948 bits per heavy atom. The third kappa shape index (κ3) is 7.87. The van der Waals surface area contributed by atoms with Gasteiger partial charge >= 0.3 is 0 Å². The maximum atomic E-state index is 15.3. The summed E-state index contributed by atoms with van der Waals surface area (Å²) in [6.07, 6.45) is -0.592. The van der Waals surface area contributed by atoms with Gasteiger partial charge in [-0.25, -0.2) is 0 Å². The summed E-state index contributed by atoms with van der Waals surface area (Å²) in [5, 5.41) is 14.6. The lowest BCUT2D eigenvalue weighted by atomic mass is 9.82. The van der Waals surface area contributed by atoms with Crippen molar-refractivity contribution in [3.05, 3.63) is 149 Å². The number of nitrogens with zero attached hydrogens (tertiary/aromatic N) is 2. The number of carbonyl (C=O) groups excluding carboxylic acids is 3. The average molecular weight is 817 g/mol. The van der Waals surface area contributed by atoms with E-state index < -0.39 is 19.8 Å². The summed E-state index contributed by atoms with van der Waals surface area (Å²) < 4.78 is 12.7. The predicted molar refractivity (Wildman–Crippen MR) is 231 cm³/mol. The molecule has 5 aromatic rings. The van der Waals surface area contributed by atoms with E-state index in [1.165, 1.54) is 0 Å². The average Bonchev–Trinajstić information content (AvgIpc) is 3.64. The van der Waals surface area contributed by atoms with Gasteiger partial charge < -0.3 is 35.4 Å². The minimum absolute atomic E-state index is 0.0307. The molecule has 1 saturated heterocycles. The van der Waals surface area contributed by atoms with Gasteiger partial charge in [-0.2, -0.15) is 0 Å². The highest BCUT2D eigenvalue weighted by atomic mass is 35.5. The molecule has 4 atom stereocenters. The number of nitrogens with two attached hydrogens (primary N) is 1. The molecule has 58 heavy (non-hydrogen) atoms. The molecule has 2 aliphatic heterocycles. The number of halogens is 1. The van der Waals surface area contributed by atoms with E-state index in [4.69, 9.17) is 26.8 Å². The summed E-state index contributed by atoms with van der Waals surface area (Å²) in [5.41, 5.74) is 9.04. The molecule has 2 aliphatic rings. The van der Waals surface area contributed by atoms with E-state index in [9.17, 15) is 14.7 Å². The highest BCUT2D eigenvalue weighted by molar-refractivity contribution is 6.91. The number of anilines is 3. The van der Waals surface area contributed by atoms with E-state index in [1.807, 2.05) is 78.9 Å². The number of aliphatic hydroxyl groups is 1. The van der Waals surface area contributed by atoms with E-state index in [-0.39, 0.29) is 55.3 Å². The molecule has 4 N–H and O–H groups in total. The van der Waals surface area contributed by atoms with Crippen molar-refractivity contribution in [2.24, 2.45) is 5.92 Å². The molecule has 0 aliphatic carbocycles. The number of carbonyl (C=O) groups is 3. The Kier molecular flexibility index (Phi) is 11.8. The van der Waals surface area contributed by atoms with Crippen LogP contribution in [-0.2, 0) is 33.0 Å². The molecule has 2 heterocycles. The number of rotatable bonds is 13. The Hall–Kier alpha value is -5.46. The second-order valence-electron chi connectivity index (χ2n) is 15.7. The Labute approximate surface area is 345 Å². The van der Waals surface area contributed by atoms with Crippen molar-refractivity contribution in [1.29, 1.82) is 0 Å². The lowest BCUT2D eigenvalue weighted by Gasteiger charge is -2.37. The largest absolute Gasteiger partial charge is 0.497 e. The fraction of sp³-hybridized carbons (Fsp3) is 0.283. The molecule has 1 spiro atoms. The summed E-state index contributed by atoms with van der Waals surface area (Å²) in [7, 11) is -0.911.